The van der Waals surface area contributed by atoms with Crippen molar-refractivity contribution in [2.45, 2.75) is 25.7 Å². The van der Waals surface area contributed by atoms with Crippen molar-refractivity contribution in [2.75, 3.05) is 0 Å². The highest BCUT2D eigenvalue weighted by molar-refractivity contribution is 6.36. The van der Waals surface area contributed by atoms with Gasteiger partial charge >= 0.3 is 0 Å². The molecule has 12 rings (SSSR count). The van der Waals surface area contributed by atoms with E-state index in [9.17, 15) is 0 Å². The molecule has 0 N–H and O–H groups in total. The van der Waals surface area contributed by atoms with Gasteiger partial charge in [-0.3, -0.25) is 4.57 Å². The van der Waals surface area contributed by atoms with E-state index in [0.717, 1.165) is 24.1 Å². The van der Waals surface area contributed by atoms with E-state index in [2.05, 4.69) is 192 Å². The molecular weight excluding hydrogens is 679 g/mol. The normalized spacial score (nSPS) is 13.9. The minimum Gasteiger partial charge on any atom is -0.308 e. The monoisotopic (exact) mass is 715 g/mol. The molecule has 56 heavy (non-hydrogen) atoms. The number of fused-ring (bicyclic) bond motifs is 12. The number of hydrogen-bond acceptors (Lipinski definition) is 1. The fourth-order valence-corrected chi connectivity index (χ4v) is 10.0. The highest BCUT2D eigenvalue weighted by atomic mass is 15.0. The first-order valence-corrected chi connectivity index (χ1v) is 19.8. The minimum absolute atomic E-state index is 0.258. The van der Waals surface area contributed by atoms with Crippen molar-refractivity contribution in [1.29, 1.82) is 0 Å². The van der Waals surface area contributed by atoms with Crippen molar-refractivity contribution in [2.24, 2.45) is 4.99 Å². The summed E-state index contributed by atoms with van der Waals surface area (Å²) in [4.78, 5) is 5.58. The Bertz CT molecular complexity index is 3430. The third-order valence-electron chi connectivity index (χ3n) is 12.5. The van der Waals surface area contributed by atoms with Gasteiger partial charge in [-0.05, 0) is 81.8 Å². The molecule has 0 radical (unpaired) electrons. The molecule has 3 nitrogen and oxygen atoms in total. The zero-order chi connectivity index (χ0) is 36.9. The van der Waals surface area contributed by atoms with E-state index in [-0.39, 0.29) is 5.92 Å². The lowest BCUT2D eigenvalue weighted by Crippen LogP contribution is -2.04. The van der Waals surface area contributed by atoms with Gasteiger partial charge < -0.3 is 4.40 Å². The lowest BCUT2D eigenvalue weighted by molar-refractivity contribution is 0.746. The summed E-state index contributed by atoms with van der Waals surface area (Å²) >= 11 is 0. The van der Waals surface area contributed by atoms with Crippen LogP contribution in [0.2, 0.25) is 0 Å². The van der Waals surface area contributed by atoms with E-state index >= 15 is 0 Å². The summed E-state index contributed by atoms with van der Waals surface area (Å²) in [5.74, 6) is 0.258. The average Bonchev–Trinajstić information content (AvgIpc) is 3.98. The van der Waals surface area contributed by atoms with Gasteiger partial charge in [0.15, 0.2) is 0 Å². The van der Waals surface area contributed by atoms with E-state index < -0.39 is 0 Å². The summed E-state index contributed by atoms with van der Waals surface area (Å²) in [5.41, 5.74) is 15.0. The van der Waals surface area contributed by atoms with Crippen LogP contribution in [0.25, 0.3) is 87.5 Å². The Morgan fingerprint density at radius 2 is 1.29 bits per heavy atom. The molecule has 11 aromatic rings. The predicted octanol–water partition coefficient (Wildman–Crippen LogP) is 13.8. The van der Waals surface area contributed by atoms with Crippen molar-refractivity contribution in [1.82, 2.24) is 8.97 Å². The Morgan fingerprint density at radius 1 is 0.554 bits per heavy atom. The van der Waals surface area contributed by atoms with Gasteiger partial charge in [-0.1, -0.05) is 146 Å². The summed E-state index contributed by atoms with van der Waals surface area (Å²) in [5, 5.41) is 10.2. The molecule has 1 aliphatic rings. The number of para-hydroxylation sites is 2. The topological polar surface area (TPSA) is 21.7 Å². The van der Waals surface area contributed by atoms with Crippen LogP contribution in [0, 0.1) is 0 Å². The molecule has 3 heterocycles. The molecule has 0 saturated carbocycles. The molecule has 1 unspecified atom stereocenters. The predicted molar refractivity (Wildman–Crippen MR) is 237 cm³/mol. The van der Waals surface area contributed by atoms with Crippen LogP contribution < -0.4 is 0 Å². The van der Waals surface area contributed by atoms with E-state index in [0.29, 0.717) is 0 Å². The van der Waals surface area contributed by atoms with E-state index in [1.54, 1.807) is 0 Å². The number of hydrogen-bond donors (Lipinski definition) is 0. The SMILES string of the molecule is CCC(C1=C(N=Cn2c3ccc(-c4ccccc4)cc3c3c4c5ccccc5n5c6ccccc6c(cc32)c45)c2ccccc2C1)c1ccc2ccccc2c1. The molecule has 1 atom stereocenters. The quantitative estimate of drug-likeness (QED) is 0.121. The second-order valence-corrected chi connectivity index (χ2v) is 15.4. The van der Waals surface area contributed by atoms with Gasteiger partial charge in [-0.15, -0.1) is 0 Å². The molecule has 0 amide bonds. The van der Waals surface area contributed by atoms with Gasteiger partial charge in [0.2, 0.25) is 0 Å². The molecule has 8 aromatic carbocycles. The fourth-order valence-electron chi connectivity index (χ4n) is 10.0. The van der Waals surface area contributed by atoms with E-state index in [4.69, 9.17) is 4.99 Å². The zero-order valence-corrected chi connectivity index (χ0v) is 31.1. The fraction of sp³-hybridized carbons (Fsp3) is 0.0755. The second-order valence-electron chi connectivity index (χ2n) is 15.4. The van der Waals surface area contributed by atoms with Crippen molar-refractivity contribution in [3.8, 4) is 11.1 Å². The van der Waals surface area contributed by atoms with Crippen LogP contribution in [0.15, 0.2) is 180 Å². The van der Waals surface area contributed by atoms with Crippen LogP contribution in [0.5, 0.6) is 0 Å². The average molecular weight is 716 g/mol. The molecule has 3 aromatic heterocycles. The second kappa shape index (κ2) is 12.0. The van der Waals surface area contributed by atoms with Crippen molar-refractivity contribution in [3.63, 3.8) is 0 Å². The smallest absolute Gasteiger partial charge is 0.100 e. The Morgan fingerprint density at radius 3 is 2.14 bits per heavy atom. The number of aromatic nitrogens is 2. The third kappa shape index (κ3) is 4.43. The highest BCUT2D eigenvalue weighted by Gasteiger charge is 2.28. The maximum absolute atomic E-state index is 5.58. The lowest BCUT2D eigenvalue weighted by Gasteiger charge is -2.19. The molecule has 0 spiro atoms. The summed E-state index contributed by atoms with van der Waals surface area (Å²) in [6.07, 6.45) is 4.03. The molecular formula is C53H37N3. The Balaban J connectivity index is 1.15. The molecule has 0 aliphatic heterocycles. The van der Waals surface area contributed by atoms with Gasteiger partial charge in [0.05, 0.1) is 33.3 Å². The van der Waals surface area contributed by atoms with Crippen LogP contribution >= 0.6 is 0 Å². The van der Waals surface area contributed by atoms with E-state index in [1.807, 2.05) is 0 Å². The summed E-state index contributed by atoms with van der Waals surface area (Å²) in [6, 6.07) is 62.5. The number of rotatable bonds is 6. The molecule has 0 bridgehead atoms. The molecule has 0 saturated heterocycles. The number of aliphatic imine (C=N–C) groups is 1. The number of allylic oxidation sites excluding steroid dienone is 1. The van der Waals surface area contributed by atoms with Crippen molar-refractivity contribution < 1.29 is 0 Å². The molecule has 0 fully saturated rings. The van der Waals surface area contributed by atoms with Gasteiger partial charge in [-0.2, -0.15) is 0 Å². The van der Waals surface area contributed by atoms with Gasteiger partial charge in [0.25, 0.3) is 0 Å². The van der Waals surface area contributed by atoms with Crippen LogP contribution in [0.4, 0.5) is 0 Å². The Hall–Kier alpha value is -6.97. The third-order valence-corrected chi connectivity index (χ3v) is 12.5. The summed E-state index contributed by atoms with van der Waals surface area (Å²) < 4.78 is 4.85. The van der Waals surface area contributed by atoms with Crippen molar-refractivity contribution >= 4 is 82.7 Å². The van der Waals surface area contributed by atoms with Gasteiger partial charge in [-0.25, -0.2) is 4.99 Å². The minimum atomic E-state index is 0.258. The molecule has 264 valence electrons. The zero-order valence-electron chi connectivity index (χ0n) is 31.1. The lowest BCUT2D eigenvalue weighted by atomic mass is 9.86. The van der Waals surface area contributed by atoms with Gasteiger partial charge in [0, 0.05) is 43.8 Å². The standard InChI is InChI=1S/C53H37N3/c1-2-39(38-25-24-34-16-6-7-17-35(34)28-38)43-30-37-18-8-9-19-40(37)52(43)54-32-55-46-27-26-36(33-14-4-3-5-15-33)29-45(46)50-49(55)31-44-41-20-10-12-22-47(41)56-48-23-13-11-21-42(48)51(50)53(44)56/h3-29,31-32,39H,2,30H2,1H3. The largest absolute Gasteiger partial charge is 0.308 e. The maximum Gasteiger partial charge on any atom is 0.100 e. The first kappa shape index (κ1) is 31.4. The van der Waals surface area contributed by atoms with Crippen LogP contribution in [0.3, 0.4) is 0 Å². The first-order chi connectivity index (χ1) is 27.7. The maximum atomic E-state index is 5.58. The summed E-state index contributed by atoms with van der Waals surface area (Å²) in [7, 11) is 0. The van der Waals surface area contributed by atoms with Crippen LogP contribution in [-0.4, -0.2) is 15.3 Å². The van der Waals surface area contributed by atoms with Gasteiger partial charge in [0.1, 0.15) is 6.34 Å². The number of nitrogens with zero attached hydrogens (tertiary/aromatic N) is 3. The summed E-state index contributed by atoms with van der Waals surface area (Å²) in [6.45, 7) is 2.32. The Kier molecular flexibility index (Phi) is 6.73. The van der Waals surface area contributed by atoms with E-state index in [1.165, 1.54) is 98.5 Å². The molecule has 1 aliphatic carbocycles. The van der Waals surface area contributed by atoms with Crippen molar-refractivity contribution in [3.05, 3.63) is 192 Å². The first-order valence-electron chi connectivity index (χ1n) is 19.8. The molecule has 3 heteroatoms. The highest BCUT2D eigenvalue weighted by Crippen LogP contribution is 2.47. The van der Waals surface area contributed by atoms with Crippen LogP contribution in [0.1, 0.15) is 36.0 Å². The Labute approximate surface area is 324 Å². The van der Waals surface area contributed by atoms with Crippen LogP contribution in [-0.2, 0) is 6.42 Å². The number of benzene rings is 8.